The minimum Gasteiger partial charge on any atom is -0.306 e. The molecule has 0 aliphatic heterocycles. The molecule has 2 nitrogen and oxygen atoms in total. The van der Waals surface area contributed by atoms with Gasteiger partial charge in [-0.2, -0.15) is 0 Å². The summed E-state index contributed by atoms with van der Waals surface area (Å²) in [5.41, 5.74) is 1.15. The summed E-state index contributed by atoms with van der Waals surface area (Å²) >= 11 is 0. The maximum atomic E-state index is 4.41. The zero-order valence-corrected chi connectivity index (χ0v) is 11.0. The topological polar surface area (TPSA) is 24.9 Å². The minimum absolute atomic E-state index is 0.355. The van der Waals surface area contributed by atoms with Crippen molar-refractivity contribution >= 4 is 0 Å². The molecule has 2 rings (SSSR count). The van der Waals surface area contributed by atoms with Gasteiger partial charge in [-0.1, -0.05) is 25.3 Å². The molecule has 0 saturated heterocycles. The normalized spacial score (nSPS) is 21.1. The van der Waals surface area contributed by atoms with E-state index in [1.165, 1.54) is 32.1 Å². The van der Waals surface area contributed by atoms with Crippen LogP contribution in [0.1, 0.15) is 57.7 Å². The lowest BCUT2D eigenvalue weighted by Crippen LogP contribution is -2.36. The highest BCUT2D eigenvalue weighted by molar-refractivity contribution is 5.07. The first-order valence-corrected chi connectivity index (χ1v) is 6.94. The van der Waals surface area contributed by atoms with Crippen LogP contribution in [0.3, 0.4) is 0 Å². The molecule has 2 heteroatoms. The fraction of sp³-hybridized carbons (Fsp3) is 0.667. The fourth-order valence-corrected chi connectivity index (χ4v) is 2.88. The van der Waals surface area contributed by atoms with Gasteiger partial charge in [-0.3, -0.25) is 4.98 Å². The molecule has 1 aliphatic rings. The molecule has 17 heavy (non-hydrogen) atoms. The molecular formula is C15H24N2. The number of hydrogen-bond donors (Lipinski definition) is 1. The Labute approximate surface area is 105 Å². The summed E-state index contributed by atoms with van der Waals surface area (Å²) < 4.78 is 0. The number of pyridine rings is 1. The lowest BCUT2D eigenvalue weighted by Gasteiger charge is -2.30. The first-order valence-electron chi connectivity index (χ1n) is 6.94. The van der Waals surface area contributed by atoms with Gasteiger partial charge in [0, 0.05) is 18.3 Å². The van der Waals surface area contributed by atoms with E-state index < -0.39 is 0 Å². The van der Waals surface area contributed by atoms with Gasteiger partial charge in [-0.05, 0) is 44.7 Å². The molecule has 1 fully saturated rings. The van der Waals surface area contributed by atoms with Gasteiger partial charge >= 0.3 is 0 Å². The maximum absolute atomic E-state index is 4.41. The van der Waals surface area contributed by atoms with Crippen LogP contribution in [0.15, 0.2) is 24.4 Å². The highest BCUT2D eigenvalue weighted by atomic mass is 15.0. The van der Waals surface area contributed by atoms with Crippen molar-refractivity contribution in [3.8, 4) is 0 Å². The van der Waals surface area contributed by atoms with Gasteiger partial charge in [0.05, 0.1) is 5.69 Å². The smallest absolute Gasteiger partial charge is 0.0570 e. The Balaban J connectivity index is 1.87. The van der Waals surface area contributed by atoms with Gasteiger partial charge < -0.3 is 5.32 Å². The summed E-state index contributed by atoms with van der Waals surface area (Å²) in [5.74, 6) is 0.856. The second kappa shape index (κ2) is 6.15. The van der Waals surface area contributed by atoms with E-state index in [9.17, 15) is 0 Å². The second-order valence-corrected chi connectivity index (χ2v) is 5.33. The highest BCUT2D eigenvalue weighted by Gasteiger charge is 2.21. The lowest BCUT2D eigenvalue weighted by atomic mass is 9.84. The van der Waals surface area contributed by atoms with Crippen molar-refractivity contribution in [2.75, 3.05) is 0 Å². The Bertz CT molecular complexity index is 317. The number of nitrogens with zero attached hydrogens (tertiary/aromatic N) is 1. The lowest BCUT2D eigenvalue weighted by molar-refractivity contribution is 0.267. The van der Waals surface area contributed by atoms with E-state index in [0.717, 1.165) is 11.6 Å². The average Bonchev–Trinajstić information content (AvgIpc) is 2.40. The zero-order chi connectivity index (χ0) is 12.1. The van der Waals surface area contributed by atoms with Crippen LogP contribution in [0.5, 0.6) is 0 Å². The zero-order valence-electron chi connectivity index (χ0n) is 11.0. The molecule has 0 radical (unpaired) electrons. The Morgan fingerprint density at radius 2 is 1.94 bits per heavy atom. The van der Waals surface area contributed by atoms with Crippen LogP contribution in [-0.4, -0.2) is 11.0 Å². The monoisotopic (exact) mass is 232 g/mol. The van der Waals surface area contributed by atoms with E-state index in [4.69, 9.17) is 0 Å². The standard InChI is InChI=1S/C15H24N2/c1-12(14-8-4-3-5-9-14)17-13(2)15-10-6-7-11-16-15/h6-7,10-14,17H,3-5,8-9H2,1-2H3/t12-,13?/m0/s1. The molecule has 94 valence electrons. The van der Waals surface area contributed by atoms with E-state index in [-0.39, 0.29) is 0 Å². The average molecular weight is 232 g/mol. The number of nitrogens with one attached hydrogen (secondary N) is 1. The molecule has 1 aliphatic carbocycles. The van der Waals surface area contributed by atoms with Crippen molar-refractivity contribution in [3.05, 3.63) is 30.1 Å². The summed E-state index contributed by atoms with van der Waals surface area (Å²) in [4.78, 5) is 4.41. The van der Waals surface area contributed by atoms with Gasteiger partial charge in [0.15, 0.2) is 0 Å². The van der Waals surface area contributed by atoms with Gasteiger partial charge in [0.2, 0.25) is 0 Å². The van der Waals surface area contributed by atoms with Gasteiger partial charge in [-0.15, -0.1) is 0 Å². The van der Waals surface area contributed by atoms with E-state index in [0.29, 0.717) is 12.1 Å². The number of aromatic nitrogens is 1. The summed E-state index contributed by atoms with van der Waals surface area (Å²) in [7, 11) is 0. The van der Waals surface area contributed by atoms with Crippen molar-refractivity contribution in [3.63, 3.8) is 0 Å². The van der Waals surface area contributed by atoms with Crippen LogP contribution in [0.2, 0.25) is 0 Å². The molecule has 1 aromatic rings. The van der Waals surface area contributed by atoms with E-state index in [1.54, 1.807) is 0 Å². The SMILES string of the molecule is CC(N[C@@H](C)C1CCCCC1)c1ccccn1. The largest absolute Gasteiger partial charge is 0.306 e. The Hall–Kier alpha value is -0.890. The molecule has 2 atom stereocenters. The van der Waals surface area contributed by atoms with Crippen molar-refractivity contribution < 1.29 is 0 Å². The summed E-state index contributed by atoms with van der Waals surface area (Å²) in [6, 6.07) is 7.10. The Kier molecular flexibility index (Phi) is 4.55. The van der Waals surface area contributed by atoms with E-state index in [2.05, 4.69) is 36.3 Å². The van der Waals surface area contributed by atoms with Crippen LogP contribution >= 0.6 is 0 Å². The van der Waals surface area contributed by atoms with E-state index >= 15 is 0 Å². The van der Waals surface area contributed by atoms with Gasteiger partial charge in [0.1, 0.15) is 0 Å². The predicted octanol–water partition coefficient (Wildman–Crippen LogP) is 3.70. The minimum atomic E-state index is 0.355. The molecule has 0 bridgehead atoms. The van der Waals surface area contributed by atoms with Crippen molar-refractivity contribution in [1.82, 2.24) is 10.3 Å². The van der Waals surface area contributed by atoms with Crippen LogP contribution in [0.25, 0.3) is 0 Å². The summed E-state index contributed by atoms with van der Waals surface area (Å²) in [5, 5.41) is 3.70. The van der Waals surface area contributed by atoms with Gasteiger partial charge in [-0.25, -0.2) is 0 Å². The first kappa shape index (κ1) is 12.6. The molecular weight excluding hydrogens is 208 g/mol. The van der Waals surface area contributed by atoms with Crippen LogP contribution < -0.4 is 5.32 Å². The molecule has 1 heterocycles. The number of hydrogen-bond acceptors (Lipinski definition) is 2. The fourth-order valence-electron chi connectivity index (χ4n) is 2.88. The van der Waals surface area contributed by atoms with Crippen LogP contribution in [0, 0.1) is 5.92 Å². The van der Waals surface area contributed by atoms with Crippen LogP contribution in [-0.2, 0) is 0 Å². The molecule has 1 aromatic heterocycles. The number of rotatable bonds is 4. The molecule has 1 unspecified atom stereocenters. The van der Waals surface area contributed by atoms with Crippen molar-refractivity contribution in [2.24, 2.45) is 5.92 Å². The maximum Gasteiger partial charge on any atom is 0.0570 e. The highest BCUT2D eigenvalue weighted by Crippen LogP contribution is 2.27. The van der Waals surface area contributed by atoms with Crippen molar-refractivity contribution in [2.45, 2.75) is 58.0 Å². The third-order valence-corrected chi connectivity index (χ3v) is 4.00. The summed E-state index contributed by atoms with van der Waals surface area (Å²) in [6.07, 6.45) is 8.91. The molecule has 1 saturated carbocycles. The molecule has 0 amide bonds. The summed E-state index contributed by atoms with van der Waals surface area (Å²) in [6.45, 7) is 4.54. The van der Waals surface area contributed by atoms with Gasteiger partial charge in [0.25, 0.3) is 0 Å². The predicted molar refractivity (Wildman–Crippen MR) is 71.8 cm³/mol. The van der Waals surface area contributed by atoms with Crippen LogP contribution in [0.4, 0.5) is 0 Å². The Morgan fingerprint density at radius 1 is 1.18 bits per heavy atom. The Morgan fingerprint density at radius 3 is 2.59 bits per heavy atom. The first-order chi connectivity index (χ1) is 8.27. The third kappa shape index (κ3) is 3.53. The second-order valence-electron chi connectivity index (χ2n) is 5.33. The van der Waals surface area contributed by atoms with Crippen molar-refractivity contribution in [1.29, 1.82) is 0 Å². The quantitative estimate of drug-likeness (QED) is 0.856. The molecule has 1 N–H and O–H groups in total. The third-order valence-electron chi connectivity index (χ3n) is 4.00. The molecule has 0 spiro atoms. The van der Waals surface area contributed by atoms with E-state index in [1.807, 2.05) is 12.3 Å². The molecule has 0 aromatic carbocycles.